The number of halogens is 2. The Balaban J connectivity index is 0.00000196. The highest BCUT2D eigenvalue weighted by atomic mass is 35.5. The first kappa shape index (κ1) is 14.8. The van der Waals surface area contributed by atoms with E-state index >= 15 is 0 Å². The fourth-order valence-corrected chi connectivity index (χ4v) is 1.56. The van der Waals surface area contributed by atoms with E-state index in [2.05, 4.69) is 31.3 Å². The largest absolute Gasteiger partial charge is 0.314 e. The molecule has 0 heterocycles. The molecule has 3 heteroatoms. The molecule has 0 fully saturated rings. The maximum Gasteiger partial charge on any atom is 0.0406 e. The Morgan fingerprint density at radius 2 is 1.87 bits per heavy atom. The van der Waals surface area contributed by atoms with Crippen LogP contribution in [0.2, 0.25) is 5.02 Å². The molecular formula is C12H19Cl2N. The molecule has 86 valence electrons. The highest BCUT2D eigenvalue weighted by Gasteiger charge is 2.01. The molecular weight excluding hydrogens is 229 g/mol. The first-order chi connectivity index (χ1) is 6.72. The predicted molar refractivity (Wildman–Crippen MR) is 70.2 cm³/mol. The van der Waals surface area contributed by atoms with E-state index in [-0.39, 0.29) is 12.4 Å². The molecule has 1 atom stereocenters. The van der Waals surface area contributed by atoms with Gasteiger partial charge in [-0.25, -0.2) is 0 Å². The summed E-state index contributed by atoms with van der Waals surface area (Å²) in [6.07, 6.45) is 2.25. The van der Waals surface area contributed by atoms with Crippen molar-refractivity contribution >= 4 is 24.0 Å². The van der Waals surface area contributed by atoms with E-state index in [0.29, 0.717) is 6.04 Å². The highest BCUT2D eigenvalue weighted by molar-refractivity contribution is 6.30. The van der Waals surface area contributed by atoms with Gasteiger partial charge in [-0.2, -0.15) is 0 Å². The van der Waals surface area contributed by atoms with Gasteiger partial charge in [-0.15, -0.1) is 12.4 Å². The molecule has 1 N–H and O–H groups in total. The summed E-state index contributed by atoms with van der Waals surface area (Å²) in [5.41, 5.74) is 1.34. The molecule has 0 radical (unpaired) electrons. The van der Waals surface area contributed by atoms with Crippen molar-refractivity contribution < 1.29 is 0 Å². The molecule has 0 aliphatic rings. The van der Waals surface area contributed by atoms with Gasteiger partial charge in [0.25, 0.3) is 0 Å². The van der Waals surface area contributed by atoms with Gasteiger partial charge in [0.2, 0.25) is 0 Å². The van der Waals surface area contributed by atoms with Crippen LogP contribution >= 0.6 is 24.0 Å². The van der Waals surface area contributed by atoms with Gasteiger partial charge in [0.1, 0.15) is 0 Å². The number of benzene rings is 1. The Bertz CT molecular complexity index is 259. The second-order valence-corrected chi connectivity index (χ2v) is 4.12. The second kappa shape index (κ2) is 7.98. The van der Waals surface area contributed by atoms with Crippen molar-refractivity contribution in [1.82, 2.24) is 5.32 Å². The summed E-state index contributed by atoms with van der Waals surface area (Å²) >= 11 is 5.82. The number of hydrogen-bond donors (Lipinski definition) is 1. The smallest absolute Gasteiger partial charge is 0.0406 e. The maximum atomic E-state index is 5.82. The monoisotopic (exact) mass is 247 g/mol. The Morgan fingerprint density at radius 1 is 1.27 bits per heavy atom. The Kier molecular flexibility index (Phi) is 7.85. The van der Waals surface area contributed by atoms with Crippen molar-refractivity contribution in [3.63, 3.8) is 0 Å². The van der Waals surface area contributed by atoms with Crippen molar-refractivity contribution in [2.75, 3.05) is 6.54 Å². The first-order valence-electron chi connectivity index (χ1n) is 5.20. The maximum absolute atomic E-state index is 5.82. The molecule has 1 nitrogen and oxygen atoms in total. The lowest BCUT2D eigenvalue weighted by molar-refractivity contribution is 0.543. The van der Waals surface area contributed by atoms with E-state index in [0.717, 1.165) is 18.0 Å². The lowest BCUT2D eigenvalue weighted by atomic mass is 10.1. The SMILES string of the molecule is CCCN[C@@H](C)Cc1ccc(Cl)cc1.Cl. The van der Waals surface area contributed by atoms with E-state index in [1.807, 2.05) is 12.1 Å². The summed E-state index contributed by atoms with van der Waals surface area (Å²) in [6, 6.07) is 8.61. The van der Waals surface area contributed by atoms with E-state index in [1.165, 1.54) is 12.0 Å². The number of rotatable bonds is 5. The Labute approximate surface area is 104 Å². The van der Waals surface area contributed by atoms with Crippen molar-refractivity contribution in [1.29, 1.82) is 0 Å². The van der Waals surface area contributed by atoms with Crippen molar-refractivity contribution in [3.05, 3.63) is 34.9 Å². The zero-order valence-corrected chi connectivity index (χ0v) is 10.9. The van der Waals surface area contributed by atoms with E-state index in [9.17, 15) is 0 Å². The minimum atomic E-state index is 0. The normalized spacial score (nSPS) is 11.9. The quantitative estimate of drug-likeness (QED) is 0.837. The van der Waals surface area contributed by atoms with E-state index < -0.39 is 0 Å². The molecule has 0 saturated heterocycles. The topological polar surface area (TPSA) is 12.0 Å². The fraction of sp³-hybridized carbons (Fsp3) is 0.500. The predicted octanol–water partition coefficient (Wildman–Crippen LogP) is 3.69. The molecule has 1 aromatic rings. The summed E-state index contributed by atoms with van der Waals surface area (Å²) in [6.45, 7) is 5.49. The third-order valence-electron chi connectivity index (χ3n) is 2.20. The second-order valence-electron chi connectivity index (χ2n) is 3.69. The molecule has 0 aliphatic carbocycles. The van der Waals surface area contributed by atoms with Gasteiger partial charge in [0.15, 0.2) is 0 Å². The number of hydrogen-bond acceptors (Lipinski definition) is 1. The van der Waals surface area contributed by atoms with Crippen molar-refractivity contribution in [2.24, 2.45) is 0 Å². The summed E-state index contributed by atoms with van der Waals surface area (Å²) in [4.78, 5) is 0. The zero-order valence-electron chi connectivity index (χ0n) is 9.29. The van der Waals surface area contributed by atoms with Crippen LogP contribution < -0.4 is 5.32 Å². The molecule has 0 amide bonds. The van der Waals surface area contributed by atoms with Gasteiger partial charge < -0.3 is 5.32 Å². The Hall–Kier alpha value is -0.240. The van der Waals surface area contributed by atoms with Crippen LogP contribution in [0.4, 0.5) is 0 Å². The van der Waals surface area contributed by atoms with Crippen LogP contribution in [0.1, 0.15) is 25.8 Å². The van der Waals surface area contributed by atoms with Crippen LogP contribution in [-0.4, -0.2) is 12.6 Å². The van der Waals surface area contributed by atoms with Crippen LogP contribution in [0.25, 0.3) is 0 Å². The van der Waals surface area contributed by atoms with Crippen molar-refractivity contribution in [3.8, 4) is 0 Å². The van der Waals surface area contributed by atoms with Crippen LogP contribution in [0.15, 0.2) is 24.3 Å². The summed E-state index contributed by atoms with van der Waals surface area (Å²) in [7, 11) is 0. The first-order valence-corrected chi connectivity index (χ1v) is 5.58. The van der Waals surface area contributed by atoms with E-state index in [1.54, 1.807) is 0 Å². The third-order valence-corrected chi connectivity index (χ3v) is 2.45. The third kappa shape index (κ3) is 6.03. The molecule has 0 saturated carbocycles. The molecule has 0 bridgehead atoms. The van der Waals surface area contributed by atoms with Gasteiger partial charge in [-0.1, -0.05) is 30.7 Å². The molecule has 0 unspecified atom stereocenters. The minimum absolute atomic E-state index is 0. The zero-order chi connectivity index (χ0) is 10.4. The van der Waals surface area contributed by atoms with Gasteiger partial charge in [-0.05, 0) is 44.0 Å². The summed E-state index contributed by atoms with van der Waals surface area (Å²) in [5.74, 6) is 0. The molecule has 1 rings (SSSR count). The minimum Gasteiger partial charge on any atom is -0.314 e. The molecule has 0 aliphatic heterocycles. The lowest BCUT2D eigenvalue weighted by Gasteiger charge is -2.12. The summed E-state index contributed by atoms with van der Waals surface area (Å²) < 4.78 is 0. The fourth-order valence-electron chi connectivity index (χ4n) is 1.44. The Morgan fingerprint density at radius 3 is 2.40 bits per heavy atom. The van der Waals surface area contributed by atoms with E-state index in [4.69, 9.17) is 11.6 Å². The van der Waals surface area contributed by atoms with Crippen molar-refractivity contribution in [2.45, 2.75) is 32.7 Å². The van der Waals surface area contributed by atoms with Crippen LogP contribution in [0, 0.1) is 0 Å². The van der Waals surface area contributed by atoms with Crippen LogP contribution in [-0.2, 0) is 6.42 Å². The highest BCUT2D eigenvalue weighted by Crippen LogP contribution is 2.10. The van der Waals surface area contributed by atoms with Crippen LogP contribution in [0.3, 0.4) is 0 Å². The average Bonchev–Trinajstić information content (AvgIpc) is 2.18. The lowest BCUT2D eigenvalue weighted by Crippen LogP contribution is -2.28. The average molecular weight is 248 g/mol. The van der Waals surface area contributed by atoms with Gasteiger partial charge >= 0.3 is 0 Å². The molecule has 1 aromatic carbocycles. The van der Waals surface area contributed by atoms with Crippen LogP contribution in [0.5, 0.6) is 0 Å². The molecule has 0 aromatic heterocycles. The molecule has 0 spiro atoms. The van der Waals surface area contributed by atoms with Gasteiger partial charge in [0, 0.05) is 11.1 Å². The number of nitrogens with one attached hydrogen (secondary N) is 1. The van der Waals surface area contributed by atoms with Gasteiger partial charge in [-0.3, -0.25) is 0 Å². The van der Waals surface area contributed by atoms with Gasteiger partial charge in [0.05, 0.1) is 0 Å². The molecule has 15 heavy (non-hydrogen) atoms. The standard InChI is InChI=1S/C12H18ClN.ClH/c1-3-8-14-10(2)9-11-4-6-12(13)7-5-11;/h4-7,10,14H,3,8-9H2,1-2H3;1H/t10-;/m0./s1. The summed E-state index contributed by atoms with van der Waals surface area (Å²) in [5, 5.41) is 4.27.